The van der Waals surface area contributed by atoms with Crippen molar-refractivity contribution in [3.63, 3.8) is 0 Å². The lowest BCUT2D eigenvalue weighted by atomic mass is 10.3. The molecule has 0 saturated heterocycles. The topological polar surface area (TPSA) is 27.1 Å². The summed E-state index contributed by atoms with van der Waals surface area (Å²) >= 11 is 0. The molecule has 1 aromatic heterocycles. The van der Waals surface area contributed by atoms with Crippen LogP contribution in [0.2, 0.25) is 0 Å². The molecule has 0 N–H and O–H groups in total. The Labute approximate surface area is 89.5 Å². The van der Waals surface area contributed by atoms with Gasteiger partial charge in [-0.3, -0.25) is 0 Å². The highest BCUT2D eigenvalue weighted by molar-refractivity contribution is 5.74. The smallest absolute Gasteiger partial charge is 0.351 e. The summed E-state index contributed by atoms with van der Waals surface area (Å²) in [6.45, 7) is -1.40. The van der Waals surface area contributed by atoms with Crippen molar-refractivity contribution in [2.24, 2.45) is 0 Å². The molecule has 0 fully saturated rings. The zero-order valence-corrected chi connectivity index (χ0v) is 8.24. The number of alkyl halides is 3. The van der Waals surface area contributed by atoms with Crippen LogP contribution in [-0.2, 0) is 11.5 Å². The summed E-state index contributed by atoms with van der Waals surface area (Å²) < 4.78 is 41.6. The lowest BCUT2D eigenvalue weighted by Crippen LogP contribution is -2.18. The number of hydrogen-bond donors (Lipinski definition) is 0. The van der Waals surface area contributed by atoms with Crippen LogP contribution in [-0.4, -0.2) is 22.3 Å². The van der Waals surface area contributed by atoms with E-state index in [1.54, 1.807) is 18.2 Å². The fourth-order valence-electron chi connectivity index (χ4n) is 1.37. The van der Waals surface area contributed by atoms with E-state index in [1.165, 1.54) is 10.9 Å². The maximum atomic E-state index is 11.8. The molecule has 0 aliphatic heterocycles. The van der Waals surface area contributed by atoms with Gasteiger partial charge in [0.1, 0.15) is 13.3 Å². The Kier molecular flexibility index (Phi) is 2.82. The predicted octanol–water partition coefficient (Wildman–Crippen LogP) is 2.57. The van der Waals surface area contributed by atoms with Crippen molar-refractivity contribution in [3.8, 4) is 0 Å². The number of ether oxygens (including phenoxy) is 1. The predicted molar refractivity (Wildman–Crippen MR) is 51.7 cm³/mol. The maximum Gasteiger partial charge on any atom is 0.411 e. The largest absolute Gasteiger partial charge is 0.411 e. The Morgan fingerprint density at radius 2 is 2.00 bits per heavy atom. The van der Waals surface area contributed by atoms with Gasteiger partial charge in [-0.25, -0.2) is 4.98 Å². The molecule has 3 nitrogen and oxygen atoms in total. The Balaban J connectivity index is 2.05. The third-order valence-corrected chi connectivity index (χ3v) is 2.02. The van der Waals surface area contributed by atoms with Crippen LogP contribution in [0.15, 0.2) is 30.6 Å². The SMILES string of the molecule is FC(F)(F)COCn1cnc2ccccc21. The van der Waals surface area contributed by atoms with E-state index in [2.05, 4.69) is 9.72 Å². The number of hydrogen-bond acceptors (Lipinski definition) is 2. The van der Waals surface area contributed by atoms with Crippen LogP contribution < -0.4 is 0 Å². The third-order valence-electron chi connectivity index (χ3n) is 2.02. The van der Waals surface area contributed by atoms with Gasteiger partial charge >= 0.3 is 6.18 Å². The molecule has 2 rings (SSSR count). The van der Waals surface area contributed by atoms with E-state index >= 15 is 0 Å². The molecule has 2 aromatic rings. The number of nitrogens with zero attached hydrogens (tertiary/aromatic N) is 2. The highest BCUT2D eigenvalue weighted by Gasteiger charge is 2.27. The zero-order chi connectivity index (χ0) is 11.6. The van der Waals surface area contributed by atoms with Gasteiger partial charge in [-0.2, -0.15) is 13.2 Å². The molecular weight excluding hydrogens is 221 g/mol. The van der Waals surface area contributed by atoms with Crippen LogP contribution in [0.25, 0.3) is 11.0 Å². The van der Waals surface area contributed by atoms with E-state index in [-0.39, 0.29) is 6.73 Å². The average molecular weight is 230 g/mol. The summed E-state index contributed by atoms with van der Waals surface area (Å²) in [5.41, 5.74) is 1.49. The molecule has 1 aromatic carbocycles. The van der Waals surface area contributed by atoms with Crippen molar-refractivity contribution in [3.05, 3.63) is 30.6 Å². The van der Waals surface area contributed by atoms with Crippen LogP contribution in [0, 0.1) is 0 Å². The van der Waals surface area contributed by atoms with Crippen molar-refractivity contribution < 1.29 is 17.9 Å². The monoisotopic (exact) mass is 230 g/mol. The van der Waals surface area contributed by atoms with Gasteiger partial charge in [0.15, 0.2) is 0 Å². The molecule has 6 heteroatoms. The molecule has 0 bridgehead atoms. The number of rotatable bonds is 3. The van der Waals surface area contributed by atoms with Crippen LogP contribution in [0.4, 0.5) is 13.2 Å². The second kappa shape index (κ2) is 4.13. The molecule has 16 heavy (non-hydrogen) atoms. The zero-order valence-electron chi connectivity index (χ0n) is 8.24. The highest BCUT2D eigenvalue weighted by atomic mass is 19.4. The van der Waals surface area contributed by atoms with E-state index in [0.717, 1.165) is 11.0 Å². The number of fused-ring (bicyclic) bond motifs is 1. The summed E-state index contributed by atoms with van der Waals surface area (Å²) in [4.78, 5) is 4.04. The molecule has 0 saturated carbocycles. The van der Waals surface area contributed by atoms with Gasteiger partial charge in [-0.05, 0) is 12.1 Å². The Morgan fingerprint density at radius 3 is 2.75 bits per heavy atom. The van der Waals surface area contributed by atoms with Crippen molar-refractivity contribution >= 4 is 11.0 Å². The first kappa shape index (κ1) is 10.9. The van der Waals surface area contributed by atoms with Crippen LogP contribution >= 0.6 is 0 Å². The first-order chi connectivity index (χ1) is 7.56. The fourth-order valence-corrected chi connectivity index (χ4v) is 1.37. The summed E-state index contributed by atoms with van der Waals surface area (Å²) in [5, 5.41) is 0. The van der Waals surface area contributed by atoms with E-state index in [9.17, 15) is 13.2 Å². The molecule has 0 radical (unpaired) electrons. The normalized spacial score (nSPS) is 12.2. The van der Waals surface area contributed by atoms with E-state index in [1.807, 2.05) is 6.07 Å². The Bertz CT molecular complexity index is 478. The van der Waals surface area contributed by atoms with Gasteiger partial charge in [0.05, 0.1) is 17.4 Å². The molecule has 0 amide bonds. The maximum absolute atomic E-state index is 11.8. The molecule has 86 valence electrons. The van der Waals surface area contributed by atoms with Crippen molar-refractivity contribution in [2.75, 3.05) is 6.61 Å². The van der Waals surface area contributed by atoms with Gasteiger partial charge in [-0.1, -0.05) is 12.1 Å². The van der Waals surface area contributed by atoms with Gasteiger partial charge < -0.3 is 9.30 Å². The summed E-state index contributed by atoms with van der Waals surface area (Å²) in [6, 6.07) is 7.18. The van der Waals surface area contributed by atoms with Gasteiger partial charge in [0.25, 0.3) is 0 Å². The minimum absolute atomic E-state index is 0.153. The first-order valence-corrected chi connectivity index (χ1v) is 4.61. The summed E-state index contributed by atoms with van der Waals surface area (Å²) in [5.74, 6) is 0. The summed E-state index contributed by atoms with van der Waals surface area (Å²) in [7, 11) is 0. The van der Waals surface area contributed by atoms with E-state index < -0.39 is 12.8 Å². The average Bonchev–Trinajstić information content (AvgIpc) is 2.60. The number of para-hydroxylation sites is 2. The number of benzene rings is 1. The Hall–Kier alpha value is -1.56. The highest BCUT2D eigenvalue weighted by Crippen LogP contribution is 2.16. The minimum Gasteiger partial charge on any atom is -0.351 e. The molecule has 0 unspecified atom stereocenters. The van der Waals surface area contributed by atoms with Gasteiger partial charge in [-0.15, -0.1) is 0 Å². The van der Waals surface area contributed by atoms with Crippen LogP contribution in [0.5, 0.6) is 0 Å². The lowest BCUT2D eigenvalue weighted by Gasteiger charge is -2.08. The molecular formula is C10H9F3N2O. The molecule has 0 aliphatic rings. The molecule has 1 heterocycles. The lowest BCUT2D eigenvalue weighted by molar-refractivity contribution is -0.181. The molecule has 0 spiro atoms. The van der Waals surface area contributed by atoms with E-state index in [0.29, 0.717) is 0 Å². The third kappa shape index (κ3) is 2.52. The van der Waals surface area contributed by atoms with Gasteiger partial charge in [0.2, 0.25) is 0 Å². The number of halogens is 3. The molecule has 0 aliphatic carbocycles. The first-order valence-electron chi connectivity index (χ1n) is 4.61. The number of aromatic nitrogens is 2. The molecule has 0 atom stereocenters. The standard InChI is InChI=1S/C10H9F3N2O/c11-10(12,13)5-16-7-15-6-14-8-3-1-2-4-9(8)15/h1-4,6H,5,7H2. The number of imidazole rings is 1. The second-order valence-corrected chi connectivity index (χ2v) is 3.30. The van der Waals surface area contributed by atoms with Crippen molar-refractivity contribution in [2.45, 2.75) is 12.9 Å². The minimum atomic E-state index is -4.30. The summed E-state index contributed by atoms with van der Waals surface area (Å²) in [6.07, 6.45) is -2.84. The van der Waals surface area contributed by atoms with Crippen molar-refractivity contribution in [1.29, 1.82) is 0 Å². The Morgan fingerprint density at radius 1 is 1.25 bits per heavy atom. The van der Waals surface area contributed by atoms with E-state index in [4.69, 9.17) is 0 Å². The van der Waals surface area contributed by atoms with Crippen LogP contribution in [0.1, 0.15) is 0 Å². The van der Waals surface area contributed by atoms with Crippen molar-refractivity contribution in [1.82, 2.24) is 9.55 Å². The van der Waals surface area contributed by atoms with Gasteiger partial charge in [0, 0.05) is 0 Å². The fraction of sp³-hybridized carbons (Fsp3) is 0.300. The van der Waals surface area contributed by atoms with Crippen LogP contribution in [0.3, 0.4) is 0 Å². The second-order valence-electron chi connectivity index (χ2n) is 3.30. The quantitative estimate of drug-likeness (QED) is 0.810.